The fourth-order valence-corrected chi connectivity index (χ4v) is 3.04. The first-order valence-electron chi connectivity index (χ1n) is 9.33. The zero-order valence-electron chi connectivity index (χ0n) is 16.6. The van der Waals surface area contributed by atoms with Crippen molar-refractivity contribution in [2.45, 2.75) is 33.2 Å². The second-order valence-electron chi connectivity index (χ2n) is 7.02. The molecule has 0 aliphatic carbocycles. The zero-order chi connectivity index (χ0) is 21.0. The van der Waals surface area contributed by atoms with Crippen molar-refractivity contribution < 1.29 is 14.3 Å². The minimum atomic E-state index is -0.594. The Hall–Kier alpha value is -3.48. The Morgan fingerprint density at radius 3 is 2.55 bits per heavy atom. The third-order valence-electron chi connectivity index (χ3n) is 4.86. The quantitative estimate of drug-likeness (QED) is 0.627. The molecule has 0 aliphatic heterocycles. The highest BCUT2D eigenvalue weighted by Crippen LogP contribution is 2.17. The van der Waals surface area contributed by atoms with Crippen molar-refractivity contribution in [1.82, 2.24) is 15.5 Å². The van der Waals surface area contributed by atoms with Gasteiger partial charge in [0.2, 0.25) is 0 Å². The first-order valence-corrected chi connectivity index (χ1v) is 9.33. The SMILES string of the molecule is Cc1ccc([C@@H](C)NC(=O)COC(=O)Cc2n[nH]c(=O)c3ccccc23)cc1C. The molecule has 2 N–H and O–H groups in total. The zero-order valence-corrected chi connectivity index (χ0v) is 16.6. The normalized spacial score (nSPS) is 11.8. The van der Waals surface area contributed by atoms with Gasteiger partial charge in [-0.3, -0.25) is 14.4 Å². The number of fused-ring (bicyclic) bond motifs is 1. The summed E-state index contributed by atoms with van der Waals surface area (Å²) in [6, 6.07) is 12.7. The molecule has 1 amide bonds. The highest BCUT2D eigenvalue weighted by atomic mass is 16.5. The summed E-state index contributed by atoms with van der Waals surface area (Å²) in [7, 11) is 0. The Labute approximate surface area is 168 Å². The molecule has 0 bridgehead atoms. The second kappa shape index (κ2) is 8.68. The minimum Gasteiger partial charge on any atom is -0.455 e. The summed E-state index contributed by atoms with van der Waals surface area (Å²) in [6.07, 6.45) is -0.142. The Morgan fingerprint density at radius 2 is 1.83 bits per heavy atom. The van der Waals surface area contributed by atoms with Crippen LogP contribution in [0.1, 0.15) is 35.3 Å². The number of aryl methyl sites for hydroxylation is 2. The summed E-state index contributed by atoms with van der Waals surface area (Å²) >= 11 is 0. The molecule has 2 aromatic carbocycles. The molecule has 0 spiro atoms. The molecule has 3 rings (SSSR count). The molecule has 1 aromatic heterocycles. The number of hydrogen-bond acceptors (Lipinski definition) is 5. The molecule has 7 heteroatoms. The van der Waals surface area contributed by atoms with E-state index in [2.05, 4.69) is 15.5 Å². The lowest BCUT2D eigenvalue weighted by molar-refractivity contribution is -0.148. The van der Waals surface area contributed by atoms with Gasteiger partial charge in [-0.2, -0.15) is 5.10 Å². The van der Waals surface area contributed by atoms with Gasteiger partial charge < -0.3 is 10.1 Å². The molecule has 0 radical (unpaired) electrons. The number of aromatic nitrogens is 2. The van der Waals surface area contributed by atoms with E-state index in [0.717, 1.165) is 11.1 Å². The topological polar surface area (TPSA) is 101 Å². The van der Waals surface area contributed by atoms with E-state index in [1.165, 1.54) is 5.56 Å². The Kier molecular flexibility index (Phi) is 6.07. The van der Waals surface area contributed by atoms with E-state index in [4.69, 9.17) is 4.74 Å². The lowest BCUT2D eigenvalue weighted by Gasteiger charge is -2.15. The second-order valence-corrected chi connectivity index (χ2v) is 7.02. The van der Waals surface area contributed by atoms with Crippen LogP contribution in [0.3, 0.4) is 0 Å². The van der Waals surface area contributed by atoms with E-state index in [9.17, 15) is 14.4 Å². The molecular formula is C22H23N3O4. The number of carbonyl (C=O) groups is 2. The highest BCUT2D eigenvalue weighted by Gasteiger charge is 2.15. The first kappa shape index (κ1) is 20.3. The van der Waals surface area contributed by atoms with Gasteiger partial charge in [0.05, 0.1) is 23.5 Å². The average molecular weight is 393 g/mol. The summed E-state index contributed by atoms with van der Waals surface area (Å²) in [5.41, 5.74) is 3.39. The van der Waals surface area contributed by atoms with Gasteiger partial charge in [-0.15, -0.1) is 0 Å². The molecule has 1 heterocycles. The number of hydrogen-bond donors (Lipinski definition) is 2. The van der Waals surface area contributed by atoms with Crippen LogP contribution in [0.5, 0.6) is 0 Å². The number of esters is 1. The molecule has 0 saturated heterocycles. The number of H-pyrrole nitrogens is 1. The first-order chi connectivity index (χ1) is 13.8. The summed E-state index contributed by atoms with van der Waals surface area (Å²) < 4.78 is 5.08. The van der Waals surface area contributed by atoms with E-state index >= 15 is 0 Å². The van der Waals surface area contributed by atoms with Gasteiger partial charge in [-0.1, -0.05) is 36.4 Å². The summed E-state index contributed by atoms with van der Waals surface area (Å²) in [4.78, 5) is 36.1. The van der Waals surface area contributed by atoms with E-state index in [0.29, 0.717) is 16.5 Å². The van der Waals surface area contributed by atoms with E-state index in [1.54, 1.807) is 24.3 Å². The van der Waals surface area contributed by atoms with Crippen LogP contribution in [0.2, 0.25) is 0 Å². The molecule has 150 valence electrons. The van der Waals surface area contributed by atoms with Crippen molar-refractivity contribution in [3.63, 3.8) is 0 Å². The molecule has 7 nitrogen and oxygen atoms in total. The van der Waals surface area contributed by atoms with Crippen molar-refractivity contribution in [3.8, 4) is 0 Å². The molecule has 0 saturated carbocycles. The van der Waals surface area contributed by atoms with Crippen LogP contribution in [0, 0.1) is 13.8 Å². The Balaban J connectivity index is 1.57. The van der Waals surface area contributed by atoms with Crippen molar-refractivity contribution in [2.24, 2.45) is 0 Å². The van der Waals surface area contributed by atoms with Gasteiger partial charge in [0.1, 0.15) is 0 Å². The Morgan fingerprint density at radius 1 is 1.10 bits per heavy atom. The van der Waals surface area contributed by atoms with Crippen LogP contribution in [-0.2, 0) is 20.7 Å². The van der Waals surface area contributed by atoms with Crippen molar-refractivity contribution in [3.05, 3.63) is 75.2 Å². The standard InChI is InChI=1S/C22H23N3O4/c1-13-8-9-16(10-14(13)2)15(3)23-20(26)12-29-21(27)11-19-17-6-4-5-7-18(17)22(28)25-24-19/h4-10,15H,11-12H2,1-3H3,(H,23,26)(H,25,28)/t15-/m1/s1. The van der Waals surface area contributed by atoms with Crippen LogP contribution >= 0.6 is 0 Å². The number of benzene rings is 2. The highest BCUT2D eigenvalue weighted by molar-refractivity contribution is 5.87. The van der Waals surface area contributed by atoms with Gasteiger partial charge in [0, 0.05) is 5.39 Å². The van der Waals surface area contributed by atoms with Crippen molar-refractivity contribution in [1.29, 1.82) is 0 Å². The summed E-state index contributed by atoms with van der Waals surface area (Å²) in [5, 5.41) is 10.2. The summed E-state index contributed by atoms with van der Waals surface area (Å²) in [6.45, 7) is 5.54. The van der Waals surface area contributed by atoms with Gasteiger partial charge in [0.15, 0.2) is 6.61 Å². The van der Waals surface area contributed by atoms with Crippen LogP contribution in [0.25, 0.3) is 10.8 Å². The van der Waals surface area contributed by atoms with Gasteiger partial charge in [-0.05, 0) is 43.5 Å². The number of nitrogens with one attached hydrogen (secondary N) is 2. The van der Waals surface area contributed by atoms with Gasteiger partial charge in [-0.25, -0.2) is 5.10 Å². The maximum atomic E-state index is 12.1. The molecule has 3 aromatic rings. The van der Waals surface area contributed by atoms with Crippen molar-refractivity contribution in [2.75, 3.05) is 6.61 Å². The van der Waals surface area contributed by atoms with Crippen LogP contribution in [-0.4, -0.2) is 28.7 Å². The minimum absolute atomic E-state index is 0.142. The number of nitrogens with zero attached hydrogens (tertiary/aromatic N) is 1. The van der Waals surface area contributed by atoms with Crippen LogP contribution < -0.4 is 10.9 Å². The molecule has 0 aliphatic rings. The number of aromatic amines is 1. The molecular weight excluding hydrogens is 370 g/mol. The van der Waals surface area contributed by atoms with Gasteiger partial charge in [0.25, 0.3) is 11.5 Å². The molecule has 0 fully saturated rings. The fraction of sp³-hybridized carbons (Fsp3) is 0.273. The lowest BCUT2D eigenvalue weighted by atomic mass is 10.0. The number of ether oxygens (including phenoxy) is 1. The summed E-state index contributed by atoms with van der Waals surface area (Å²) in [5.74, 6) is -0.980. The van der Waals surface area contributed by atoms with Crippen LogP contribution in [0.4, 0.5) is 0 Å². The molecule has 0 unspecified atom stereocenters. The van der Waals surface area contributed by atoms with E-state index < -0.39 is 5.97 Å². The lowest BCUT2D eigenvalue weighted by Crippen LogP contribution is -2.31. The average Bonchev–Trinajstić information content (AvgIpc) is 2.71. The maximum Gasteiger partial charge on any atom is 0.312 e. The van der Waals surface area contributed by atoms with Gasteiger partial charge >= 0.3 is 5.97 Å². The van der Waals surface area contributed by atoms with Crippen LogP contribution in [0.15, 0.2) is 47.3 Å². The monoisotopic (exact) mass is 393 g/mol. The predicted octanol–water partition coefficient (Wildman–Crippen LogP) is 2.50. The number of rotatable bonds is 6. The maximum absolute atomic E-state index is 12.1. The molecule has 29 heavy (non-hydrogen) atoms. The Bertz CT molecular complexity index is 1120. The third-order valence-corrected chi connectivity index (χ3v) is 4.86. The van der Waals surface area contributed by atoms with E-state index in [1.807, 2.05) is 39.0 Å². The number of carbonyl (C=O) groups excluding carboxylic acids is 2. The number of amides is 1. The van der Waals surface area contributed by atoms with E-state index in [-0.39, 0.29) is 30.5 Å². The van der Waals surface area contributed by atoms with Crippen molar-refractivity contribution >= 4 is 22.6 Å². The fourth-order valence-electron chi connectivity index (χ4n) is 3.04. The smallest absolute Gasteiger partial charge is 0.312 e. The largest absolute Gasteiger partial charge is 0.455 e. The molecule has 1 atom stereocenters. The predicted molar refractivity (Wildman–Crippen MR) is 110 cm³/mol. The third kappa shape index (κ3) is 4.87.